The molecule has 1 saturated carbocycles. The van der Waals surface area contributed by atoms with Crippen LogP contribution in [-0.4, -0.2) is 47.7 Å². The summed E-state index contributed by atoms with van der Waals surface area (Å²) in [6.45, 7) is 3.64. The van der Waals surface area contributed by atoms with Crippen molar-refractivity contribution in [1.29, 1.82) is 0 Å². The maximum Gasteiger partial charge on any atom is 0.307 e. The summed E-state index contributed by atoms with van der Waals surface area (Å²) in [5.41, 5.74) is 0. The van der Waals surface area contributed by atoms with E-state index in [1.54, 1.807) is 4.90 Å². The zero-order valence-corrected chi connectivity index (χ0v) is 10.1. The Bertz CT molecular complexity index is 318. The third-order valence-corrected chi connectivity index (χ3v) is 3.80. The van der Waals surface area contributed by atoms with Crippen molar-refractivity contribution >= 4 is 11.9 Å². The molecule has 1 saturated heterocycles. The average Bonchev–Trinajstić information content (AvgIpc) is 2.77. The molecule has 0 bridgehead atoms. The van der Waals surface area contributed by atoms with E-state index in [9.17, 15) is 9.59 Å². The molecule has 1 heterocycles. The Morgan fingerprint density at radius 1 is 1.29 bits per heavy atom. The van der Waals surface area contributed by atoms with Crippen LogP contribution in [0.4, 0.5) is 0 Å². The summed E-state index contributed by atoms with van der Waals surface area (Å²) < 4.78 is 5.29. The molecule has 1 aliphatic heterocycles. The molecule has 0 aromatic rings. The number of ether oxygens (including phenoxy) is 1. The lowest BCUT2D eigenvalue weighted by atomic mass is 9.94. The monoisotopic (exact) mass is 241 g/mol. The van der Waals surface area contributed by atoms with Crippen LogP contribution in [0.25, 0.3) is 0 Å². The van der Waals surface area contributed by atoms with Crippen molar-refractivity contribution in [1.82, 2.24) is 4.90 Å². The molecule has 3 unspecified atom stereocenters. The summed E-state index contributed by atoms with van der Waals surface area (Å²) in [6.07, 6.45) is 2.18. The topological polar surface area (TPSA) is 66.8 Å². The third-order valence-electron chi connectivity index (χ3n) is 3.80. The maximum atomic E-state index is 12.3. The molecular weight excluding hydrogens is 222 g/mol. The van der Waals surface area contributed by atoms with Crippen molar-refractivity contribution in [2.75, 3.05) is 19.8 Å². The lowest BCUT2D eigenvalue weighted by Gasteiger charge is -2.35. The Hall–Kier alpha value is -1.10. The molecule has 2 aliphatic rings. The molecule has 0 spiro atoms. The molecular formula is C12H19NO4. The molecule has 96 valence electrons. The van der Waals surface area contributed by atoms with Crippen molar-refractivity contribution in [3.63, 3.8) is 0 Å². The highest BCUT2D eigenvalue weighted by atomic mass is 16.5. The predicted molar refractivity (Wildman–Crippen MR) is 60.5 cm³/mol. The maximum absolute atomic E-state index is 12.3. The third kappa shape index (κ3) is 2.44. The molecule has 3 atom stereocenters. The van der Waals surface area contributed by atoms with Gasteiger partial charge in [0.05, 0.1) is 31.1 Å². The van der Waals surface area contributed by atoms with Crippen LogP contribution < -0.4 is 0 Å². The number of carboxylic acids is 1. The van der Waals surface area contributed by atoms with Gasteiger partial charge in [-0.2, -0.15) is 0 Å². The SMILES string of the molecule is CC1COCCN1C(=O)C1CCCC1C(=O)O. The minimum atomic E-state index is -0.832. The van der Waals surface area contributed by atoms with Gasteiger partial charge in [0.1, 0.15) is 0 Å². The lowest BCUT2D eigenvalue weighted by Crippen LogP contribution is -2.50. The summed E-state index contributed by atoms with van der Waals surface area (Å²) in [5.74, 6) is -1.64. The number of hydrogen-bond donors (Lipinski definition) is 1. The second-order valence-corrected chi connectivity index (χ2v) is 4.94. The van der Waals surface area contributed by atoms with Gasteiger partial charge in [0.25, 0.3) is 0 Å². The summed E-state index contributed by atoms with van der Waals surface area (Å²) in [5, 5.41) is 9.10. The Morgan fingerprint density at radius 2 is 2.00 bits per heavy atom. The van der Waals surface area contributed by atoms with Crippen molar-refractivity contribution in [2.24, 2.45) is 11.8 Å². The van der Waals surface area contributed by atoms with E-state index in [1.807, 2.05) is 6.92 Å². The van der Waals surface area contributed by atoms with E-state index in [-0.39, 0.29) is 17.9 Å². The van der Waals surface area contributed by atoms with Crippen molar-refractivity contribution in [2.45, 2.75) is 32.2 Å². The number of aliphatic carboxylic acids is 1. The molecule has 1 aliphatic carbocycles. The summed E-state index contributed by atoms with van der Waals surface area (Å²) in [6, 6.07) is 0.0614. The Balaban J connectivity index is 2.05. The van der Waals surface area contributed by atoms with Gasteiger partial charge < -0.3 is 14.7 Å². The highest BCUT2D eigenvalue weighted by Crippen LogP contribution is 2.34. The van der Waals surface area contributed by atoms with E-state index in [0.717, 1.165) is 6.42 Å². The minimum absolute atomic E-state index is 0.00528. The zero-order valence-electron chi connectivity index (χ0n) is 10.1. The van der Waals surface area contributed by atoms with Crippen LogP contribution in [0.3, 0.4) is 0 Å². The quantitative estimate of drug-likeness (QED) is 0.774. The molecule has 0 radical (unpaired) electrons. The molecule has 17 heavy (non-hydrogen) atoms. The van der Waals surface area contributed by atoms with Gasteiger partial charge in [-0.3, -0.25) is 9.59 Å². The van der Waals surface area contributed by atoms with Crippen LogP contribution in [0.5, 0.6) is 0 Å². The fourth-order valence-corrected chi connectivity index (χ4v) is 2.82. The van der Waals surface area contributed by atoms with Crippen molar-refractivity contribution < 1.29 is 19.4 Å². The number of hydrogen-bond acceptors (Lipinski definition) is 3. The first-order chi connectivity index (χ1) is 8.11. The lowest BCUT2D eigenvalue weighted by molar-refractivity contribution is -0.152. The van der Waals surface area contributed by atoms with Crippen molar-refractivity contribution in [3.8, 4) is 0 Å². The number of carbonyl (C=O) groups excluding carboxylic acids is 1. The first kappa shape index (κ1) is 12.4. The fourth-order valence-electron chi connectivity index (χ4n) is 2.82. The molecule has 5 nitrogen and oxygen atoms in total. The number of nitrogens with zero attached hydrogens (tertiary/aromatic N) is 1. The van der Waals surface area contributed by atoms with Gasteiger partial charge in [0.2, 0.25) is 5.91 Å². The highest BCUT2D eigenvalue weighted by molar-refractivity contribution is 5.85. The van der Waals surface area contributed by atoms with E-state index in [0.29, 0.717) is 32.6 Å². The average molecular weight is 241 g/mol. The Kier molecular flexibility index (Phi) is 3.66. The van der Waals surface area contributed by atoms with Crippen LogP contribution in [0.15, 0.2) is 0 Å². The minimum Gasteiger partial charge on any atom is -0.481 e. The van der Waals surface area contributed by atoms with Gasteiger partial charge in [0, 0.05) is 6.54 Å². The molecule has 2 rings (SSSR count). The van der Waals surface area contributed by atoms with E-state index in [2.05, 4.69) is 0 Å². The van der Waals surface area contributed by atoms with Crippen LogP contribution in [0.1, 0.15) is 26.2 Å². The predicted octanol–water partition coefficient (Wildman–Crippen LogP) is 0.735. The number of rotatable bonds is 2. The second-order valence-electron chi connectivity index (χ2n) is 4.94. The number of carboxylic acid groups (broad SMARTS) is 1. The van der Waals surface area contributed by atoms with Gasteiger partial charge in [-0.25, -0.2) is 0 Å². The van der Waals surface area contributed by atoms with Gasteiger partial charge in [-0.15, -0.1) is 0 Å². The van der Waals surface area contributed by atoms with Crippen LogP contribution in [0.2, 0.25) is 0 Å². The number of amides is 1. The van der Waals surface area contributed by atoms with E-state index in [4.69, 9.17) is 9.84 Å². The van der Waals surface area contributed by atoms with E-state index >= 15 is 0 Å². The first-order valence-electron chi connectivity index (χ1n) is 6.22. The smallest absolute Gasteiger partial charge is 0.307 e. The van der Waals surface area contributed by atoms with E-state index < -0.39 is 11.9 Å². The molecule has 2 fully saturated rings. The number of morpholine rings is 1. The first-order valence-corrected chi connectivity index (χ1v) is 6.22. The zero-order chi connectivity index (χ0) is 12.4. The van der Waals surface area contributed by atoms with Crippen LogP contribution >= 0.6 is 0 Å². The van der Waals surface area contributed by atoms with E-state index in [1.165, 1.54) is 0 Å². The molecule has 0 aromatic heterocycles. The summed E-state index contributed by atoms with van der Waals surface area (Å²) in [4.78, 5) is 25.2. The summed E-state index contributed by atoms with van der Waals surface area (Å²) in [7, 11) is 0. The molecule has 5 heteroatoms. The van der Waals surface area contributed by atoms with Gasteiger partial charge in [0.15, 0.2) is 0 Å². The van der Waals surface area contributed by atoms with Gasteiger partial charge >= 0.3 is 5.97 Å². The summed E-state index contributed by atoms with van der Waals surface area (Å²) >= 11 is 0. The second kappa shape index (κ2) is 5.04. The molecule has 0 aromatic carbocycles. The fraction of sp³-hybridized carbons (Fsp3) is 0.833. The van der Waals surface area contributed by atoms with Crippen LogP contribution in [-0.2, 0) is 14.3 Å². The highest BCUT2D eigenvalue weighted by Gasteiger charge is 2.41. The normalized spacial score (nSPS) is 33.7. The van der Waals surface area contributed by atoms with Crippen LogP contribution in [0, 0.1) is 11.8 Å². The van der Waals surface area contributed by atoms with Gasteiger partial charge in [-0.1, -0.05) is 6.42 Å². The Morgan fingerprint density at radius 3 is 2.65 bits per heavy atom. The standard InChI is InChI=1S/C12H19NO4/c1-8-7-17-6-5-13(8)11(14)9-3-2-4-10(9)12(15)16/h8-10H,2-7H2,1H3,(H,15,16). The largest absolute Gasteiger partial charge is 0.481 e. The molecule has 1 N–H and O–H groups in total. The van der Waals surface area contributed by atoms with Gasteiger partial charge in [-0.05, 0) is 19.8 Å². The number of carbonyl (C=O) groups is 2. The Labute approximate surface area is 101 Å². The van der Waals surface area contributed by atoms with Crippen molar-refractivity contribution in [3.05, 3.63) is 0 Å². The molecule has 1 amide bonds.